The van der Waals surface area contributed by atoms with Crippen LogP contribution in [0.4, 0.5) is 5.69 Å². The fraction of sp³-hybridized carbons (Fsp3) is 0.615. The normalized spacial score (nSPS) is 25.8. The maximum atomic E-state index is 5.62. The quantitative estimate of drug-likeness (QED) is 0.829. The van der Waals surface area contributed by atoms with Crippen LogP contribution in [0.5, 0.6) is 0 Å². The fourth-order valence-corrected chi connectivity index (χ4v) is 2.55. The van der Waals surface area contributed by atoms with Crippen LogP contribution >= 0.6 is 0 Å². The van der Waals surface area contributed by atoms with E-state index < -0.39 is 0 Å². The Kier molecular flexibility index (Phi) is 3.44. The predicted octanol–water partition coefficient (Wildman–Crippen LogP) is 2.17. The molecule has 2 N–H and O–H groups in total. The van der Waals surface area contributed by atoms with Gasteiger partial charge in [-0.1, -0.05) is 6.92 Å². The second kappa shape index (κ2) is 4.83. The summed E-state index contributed by atoms with van der Waals surface area (Å²) in [5.74, 6) is 0.849. The van der Waals surface area contributed by atoms with Crippen molar-refractivity contribution in [3.63, 3.8) is 0 Å². The van der Waals surface area contributed by atoms with Crippen molar-refractivity contribution in [3.8, 4) is 0 Å². The average Bonchev–Trinajstić information content (AvgIpc) is 2.29. The zero-order chi connectivity index (χ0) is 11.5. The molecule has 0 radical (unpaired) electrons. The molecule has 0 spiro atoms. The fourth-order valence-electron chi connectivity index (χ4n) is 2.55. The van der Waals surface area contributed by atoms with Crippen LogP contribution in [0.25, 0.3) is 0 Å². The standard InChI is InChI=1S/C13H21N3/c1-10-4-6-16(11(2)7-10)13-3-5-15-12(8-13)9-14/h3,5,8,10-11H,4,6-7,9,14H2,1-2H3. The van der Waals surface area contributed by atoms with Crippen molar-refractivity contribution in [2.75, 3.05) is 11.4 Å². The number of piperidine rings is 1. The average molecular weight is 219 g/mol. The summed E-state index contributed by atoms with van der Waals surface area (Å²) in [5, 5.41) is 0. The number of hydrogen-bond acceptors (Lipinski definition) is 3. The van der Waals surface area contributed by atoms with Crippen LogP contribution in [0, 0.1) is 5.92 Å². The molecule has 0 saturated carbocycles. The van der Waals surface area contributed by atoms with Gasteiger partial charge in [-0.05, 0) is 37.8 Å². The summed E-state index contributed by atoms with van der Waals surface area (Å²) in [7, 11) is 0. The highest BCUT2D eigenvalue weighted by Crippen LogP contribution is 2.27. The van der Waals surface area contributed by atoms with E-state index in [1.54, 1.807) is 0 Å². The molecule has 88 valence electrons. The van der Waals surface area contributed by atoms with Crippen molar-refractivity contribution >= 4 is 5.69 Å². The molecule has 2 unspecified atom stereocenters. The summed E-state index contributed by atoms with van der Waals surface area (Å²) in [5.41, 5.74) is 7.87. The molecule has 1 aromatic heterocycles. The smallest absolute Gasteiger partial charge is 0.0560 e. The Labute approximate surface area is 97.7 Å². The van der Waals surface area contributed by atoms with Crippen LogP contribution in [0.1, 0.15) is 32.4 Å². The monoisotopic (exact) mass is 219 g/mol. The predicted molar refractivity (Wildman–Crippen MR) is 67.3 cm³/mol. The van der Waals surface area contributed by atoms with Gasteiger partial charge in [-0.2, -0.15) is 0 Å². The van der Waals surface area contributed by atoms with Crippen LogP contribution in [-0.4, -0.2) is 17.6 Å². The van der Waals surface area contributed by atoms with Crippen LogP contribution in [0.15, 0.2) is 18.3 Å². The van der Waals surface area contributed by atoms with E-state index >= 15 is 0 Å². The van der Waals surface area contributed by atoms with Crippen LogP contribution < -0.4 is 10.6 Å². The van der Waals surface area contributed by atoms with Crippen LogP contribution in [-0.2, 0) is 6.54 Å². The number of rotatable bonds is 2. The summed E-state index contributed by atoms with van der Waals surface area (Å²) < 4.78 is 0. The van der Waals surface area contributed by atoms with Gasteiger partial charge in [0, 0.05) is 31.0 Å². The van der Waals surface area contributed by atoms with Crippen LogP contribution in [0.3, 0.4) is 0 Å². The molecule has 0 aromatic carbocycles. The van der Waals surface area contributed by atoms with Gasteiger partial charge in [0.25, 0.3) is 0 Å². The molecule has 0 aliphatic carbocycles. The first-order chi connectivity index (χ1) is 7.70. The summed E-state index contributed by atoms with van der Waals surface area (Å²) in [6.07, 6.45) is 4.42. The second-order valence-electron chi connectivity index (χ2n) is 4.88. The molecular weight excluding hydrogens is 198 g/mol. The van der Waals surface area contributed by atoms with E-state index in [2.05, 4.69) is 35.9 Å². The first-order valence-corrected chi connectivity index (χ1v) is 6.12. The number of nitrogens with zero attached hydrogens (tertiary/aromatic N) is 2. The lowest BCUT2D eigenvalue weighted by molar-refractivity contribution is 0.378. The molecule has 2 atom stereocenters. The van der Waals surface area contributed by atoms with E-state index in [0.29, 0.717) is 12.6 Å². The molecule has 2 rings (SSSR count). The maximum Gasteiger partial charge on any atom is 0.0560 e. The van der Waals surface area contributed by atoms with Gasteiger partial charge in [0.1, 0.15) is 0 Å². The first-order valence-electron chi connectivity index (χ1n) is 6.12. The van der Waals surface area contributed by atoms with Gasteiger partial charge >= 0.3 is 0 Å². The van der Waals surface area contributed by atoms with E-state index in [1.807, 2.05) is 6.20 Å². The molecule has 1 aliphatic heterocycles. The van der Waals surface area contributed by atoms with E-state index in [9.17, 15) is 0 Å². The largest absolute Gasteiger partial charge is 0.369 e. The minimum Gasteiger partial charge on any atom is -0.369 e. The molecule has 0 amide bonds. The minimum atomic E-state index is 0.520. The van der Waals surface area contributed by atoms with Crippen LogP contribution in [0.2, 0.25) is 0 Å². The zero-order valence-electron chi connectivity index (χ0n) is 10.2. The molecule has 0 bridgehead atoms. The highest BCUT2D eigenvalue weighted by atomic mass is 15.2. The van der Waals surface area contributed by atoms with Gasteiger partial charge in [-0.15, -0.1) is 0 Å². The molecule has 16 heavy (non-hydrogen) atoms. The van der Waals surface area contributed by atoms with Crippen molar-refractivity contribution < 1.29 is 0 Å². The maximum absolute atomic E-state index is 5.62. The third kappa shape index (κ3) is 2.35. The van der Waals surface area contributed by atoms with Gasteiger partial charge < -0.3 is 10.6 Å². The zero-order valence-corrected chi connectivity index (χ0v) is 10.2. The number of aromatic nitrogens is 1. The number of pyridine rings is 1. The Bertz CT molecular complexity index is 351. The van der Waals surface area contributed by atoms with Crippen molar-refractivity contribution in [1.82, 2.24) is 4.98 Å². The Hall–Kier alpha value is -1.09. The topological polar surface area (TPSA) is 42.2 Å². The third-order valence-corrected chi connectivity index (χ3v) is 3.48. The molecule has 1 aliphatic rings. The van der Waals surface area contributed by atoms with Gasteiger partial charge in [0.2, 0.25) is 0 Å². The molecule has 1 saturated heterocycles. The van der Waals surface area contributed by atoms with Crippen molar-refractivity contribution in [2.24, 2.45) is 11.7 Å². The Balaban J connectivity index is 2.16. The highest BCUT2D eigenvalue weighted by molar-refractivity contribution is 5.47. The van der Waals surface area contributed by atoms with E-state index in [4.69, 9.17) is 5.73 Å². The lowest BCUT2D eigenvalue weighted by Gasteiger charge is -2.38. The minimum absolute atomic E-state index is 0.520. The third-order valence-electron chi connectivity index (χ3n) is 3.48. The number of hydrogen-bond donors (Lipinski definition) is 1. The van der Waals surface area contributed by atoms with E-state index in [1.165, 1.54) is 18.5 Å². The van der Waals surface area contributed by atoms with Gasteiger partial charge in [0.05, 0.1) is 5.69 Å². The summed E-state index contributed by atoms with van der Waals surface area (Å²) in [4.78, 5) is 6.71. The molecule has 3 nitrogen and oxygen atoms in total. The molecular formula is C13H21N3. The van der Waals surface area contributed by atoms with Gasteiger partial charge in [-0.25, -0.2) is 0 Å². The van der Waals surface area contributed by atoms with Gasteiger partial charge in [0.15, 0.2) is 0 Å². The van der Waals surface area contributed by atoms with Crippen molar-refractivity contribution in [3.05, 3.63) is 24.0 Å². The summed E-state index contributed by atoms with van der Waals surface area (Å²) >= 11 is 0. The summed E-state index contributed by atoms with van der Waals surface area (Å²) in [6.45, 7) is 6.31. The first kappa shape index (κ1) is 11.4. The second-order valence-corrected chi connectivity index (χ2v) is 4.88. The Morgan fingerprint density at radius 3 is 3.00 bits per heavy atom. The van der Waals surface area contributed by atoms with Crippen molar-refractivity contribution in [1.29, 1.82) is 0 Å². The SMILES string of the molecule is CC1CCN(c2ccnc(CN)c2)C(C)C1. The molecule has 2 heterocycles. The van der Waals surface area contributed by atoms with Gasteiger partial charge in [-0.3, -0.25) is 4.98 Å². The summed E-state index contributed by atoms with van der Waals surface area (Å²) in [6, 6.07) is 4.83. The lowest BCUT2D eigenvalue weighted by atomic mass is 9.93. The molecule has 3 heteroatoms. The van der Waals surface area contributed by atoms with Crippen molar-refractivity contribution in [2.45, 2.75) is 39.3 Å². The number of anilines is 1. The lowest BCUT2D eigenvalue weighted by Crippen LogP contribution is -2.40. The molecule has 1 fully saturated rings. The Morgan fingerprint density at radius 1 is 1.50 bits per heavy atom. The highest BCUT2D eigenvalue weighted by Gasteiger charge is 2.22. The Morgan fingerprint density at radius 2 is 2.31 bits per heavy atom. The number of nitrogens with two attached hydrogens (primary N) is 1. The molecule has 1 aromatic rings. The van der Waals surface area contributed by atoms with E-state index in [-0.39, 0.29) is 0 Å². The van der Waals surface area contributed by atoms with E-state index in [0.717, 1.165) is 18.2 Å².